The number of rotatable bonds is 8. The molecule has 7 nitrogen and oxygen atoms in total. The van der Waals surface area contributed by atoms with Gasteiger partial charge in [0.25, 0.3) is 5.91 Å². The van der Waals surface area contributed by atoms with Gasteiger partial charge in [0.2, 0.25) is 0 Å². The summed E-state index contributed by atoms with van der Waals surface area (Å²) < 4.78 is 13.5. The lowest BCUT2D eigenvalue weighted by molar-refractivity contribution is 0.0600. The molecule has 1 N–H and O–H groups in total. The zero-order chi connectivity index (χ0) is 30.6. The van der Waals surface area contributed by atoms with Crippen LogP contribution in [0.15, 0.2) is 84.9 Å². The quantitative estimate of drug-likeness (QED) is 0.180. The average molecular weight is 608 g/mol. The molecule has 4 aromatic carbocycles. The lowest BCUT2D eigenvalue weighted by Crippen LogP contribution is -2.18. The molecule has 6 rings (SSSR count). The molecule has 0 aliphatic heterocycles. The van der Waals surface area contributed by atoms with Gasteiger partial charge in [-0.05, 0) is 96.3 Å². The Balaban J connectivity index is 1.30. The summed E-state index contributed by atoms with van der Waals surface area (Å²) in [5, 5.41) is 3.35. The van der Waals surface area contributed by atoms with Gasteiger partial charge in [-0.1, -0.05) is 49.1 Å². The number of aromatic nitrogens is 2. The van der Waals surface area contributed by atoms with E-state index in [0.717, 1.165) is 52.0 Å². The number of fused-ring (bicyclic) bond motifs is 1. The summed E-state index contributed by atoms with van der Waals surface area (Å²) in [5.41, 5.74) is 6.67. The van der Waals surface area contributed by atoms with Crippen LogP contribution in [0.25, 0.3) is 33.5 Å². The predicted molar refractivity (Wildman–Crippen MR) is 173 cm³/mol. The molecule has 224 valence electrons. The summed E-state index contributed by atoms with van der Waals surface area (Å²) in [4.78, 5) is 29.6. The molecule has 8 heteroatoms. The lowest BCUT2D eigenvalue weighted by Gasteiger charge is -2.25. The van der Waals surface area contributed by atoms with E-state index >= 15 is 0 Å². The fourth-order valence-electron chi connectivity index (χ4n) is 6.03. The van der Waals surface area contributed by atoms with Crippen LogP contribution >= 0.6 is 11.6 Å². The molecule has 1 amide bonds. The van der Waals surface area contributed by atoms with Gasteiger partial charge in [-0.15, -0.1) is 0 Å². The first-order valence-corrected chi connectivity index (χ1v) is 15.3. The maximum atomic E-state index is 12.4. The van der Waals surface area contributed by atoms with Gasteiger partial charge in [-0.2, -0.15) is 0 Å². The second-order valence-electron chi connectivity index (χ2n) is 11.1. The number of ether oxygens (including phenoxy) is 2. The van der Waals surface area contributed by atoms with Crippen molar-refractivity contribution in [3.8, 4) is 28.3 Å². The molecule has 1 aliphatic rings. The largest absolute Gasteiger partial charge is 0.489 e. The number of hydrogen-bond acceptors (Lipinski definition) is 5. The second-order valence-corrected chi connectivity index (χ2v) is 11.5. The third-order valence-corrected chi connectivity index (χ3v) is 8.56. The number of nitrogens with one attached hydrogen (secondary N) is 1. The SMILES string of the molecule is CNC(=O)c1ccc(-c2ccc(Cl)cc2)c(COc2ccc(-c3nc4cc(C(=O)OC)ccc4n3C3CCCCC3)cc2)c1. The van der Waals surface area contributed by atoms with Crippen molar-refractivity contribution in [2.75, 3.05) is 14.2 Å². The molecule has 1 heterocycles. The molecule has 0 spiro atoms. The van der Waals surface area contributed by atoms with Gasteiger partial charge in [0.05, 0.1) is 23.7 Å². The van der Waals surface area contributed by atoms with Crippen LogP contribution in [0.3, 0.4) is 0 Å². The van der Waals surface area contributed by atoms with Crippen molar-refractivity contribution in [3.63, 3.8) is 0 Å². The minimum atomic E-state index is -0.373. The van der Waals surface area contributed by atoms with E-state index in [-0.39, 0.29) is 18.5 Å². The normalized spacial score (nSPS) is 13.5. The summed E-state index contributed by atoms with van der Waals surface area (Å²) in [7, 11) is 3.01. The molecule has 0 radical (unpaired) electrons. The molecule has 44 heavy (non-hydrogen) atoms. The molecule has 0 atom stereocenters. The van der Waals surface area contributed by atoms with E-state index < -0.39 is 0 Å². The van der Waals surface area contributed by atoms with E-state index in [0.29, 0.717) is 27.9 Å². The van der Waals surface area contributed by atoms with Crippen LogP contribution in [-0.4, -0.2) is 35.6 Å². The molecule has 0 bridgehead atoms. The van der Waals surface area contributed by atoms with Gasteiger partial charge in [0.15, 0.2) is 0 Å². The third-order valence-electron chi connectivity index (χ3n) is 8.31. The fourth-order valence-corrected chi connectivity index (χ4v) is 6.15. The minimum Gasteiger partial charge on any atom is -0.489 e. The van der Waals surface area contributed by atoms with Crippen LogP contribution in [0.2, 0.25) is 5.02 Å². The first kappa shape index (κ1) is 29.5. The number of benzene rings is 4. The Hall–Kier alpha value is -4.62. The zero-order valence-corrected chi connectivity index (χ0v) is 25.6. The predicted octanol–water partition coefficient (Wildman–Crippen LogP) is 8.25. The number of carbonyl (C=O) groups excluding carboxylic acids is 2. The van der Waals surface area contributed by atoms with Crippen molar-refractivity contribution >= 4 is 34.5 Å². The summed E-state index contributed by atoms with van der Waals surface area (Å²) in [5.74, 6) is 1.05. The molecule has 1 saturated carbocycles. The summed E-state index contributed by atoms with van der Waals surface area (Å²) >= 11 is 6.12. The van der Waals surface area contributed by atoms with E-state index in [1.54, 1.807) is 7.05 Å². The highest BCUT2D eigenvalue weighted by atomic mass is 35.5. The minimum absolute atomic E-state index is 0.155. The Morgan fingerprint density at radius 1 is 0.886 bits per heavy atom. The zero-order valence-electron chi connectivity index (χ0n) is 24.8. The number of nitrogens with zero attached hydrogens (tertiary/aromatic N) is 2. The van der Waals surface area contributed by atoms with Crippen LogP contribution in [-0.2, 0) is 11.3 Å². The monoisotopic (exact) mass is 607 g/mol. The summed E-state index contributed by atoms with van der Waals surface area (Å²) in [6.45, 7) is 0.277. The van der Waals surface area contributed by atoms with E-state index in [4.69, 9.17) is 26.1 Å². The van der Waals surface area contributed by atoms with Crippen molar-refractivity contribution < 1.29 is 19.1 Å². The van der Waals surface area contributed by atoms with Crippen molar-refractivity contribution in [1.29, 1.82) is 0 Å². The fraction of sp³-hybridized carbons (Fsp3) is 0.250. The number of carbonyl (C=O) groups is 2. The van der Waals surface area contributed by atoms with Crippen LogP contribution in [0, 0.1) is 0 Å². The number of hydrogen-bond donors (Lipinski definition) is 1. The van der Waals surface area contributed by atoms with E-state index in [1.807, 2.05) is 84.9 Å². The molecule has 0 saturated heterocycles. The molecular weight excluding hydrogens is 574 g/mol. The van der Waals surface area contributed by atoms with Gasteiger partial charge in [-0.25, -0.2) is 9.78 Å². The number of methoxy groups -OCH3 is 1. The maximum Gasteiger partial charge on any atom is 0.337 e. The molecule has 0 unspecified atom stereocenters. The first-order chi connectivity index (χ1) is 21.4. The number of halogens is 1. The molecule has 1 fully saturated rings. The van der Waals surface area contributed by atoms with Gasteiger partial charge in [-0.3, -0.25) is 4.79 Å². The highest BCUT2D eigenvalue weighted by Crippen LogP contribution is 2.37. The molecule has 1 aliphatic carbocycles. The van der Waals surface area contributed by atoms with Gasteiger partial charge >= 0.3 is 5.97 Å². The highest BCUT2D eigenvalue weighted by molar-refractivity contribution is 6.30. The lowest BCUT2D eigenvalue weighted by atomic mass is 9.95. The average Bonchev–Trinajstić information content (AvgIpc) is 3.46. The smallest absolute Gasteiger partial charge is 0.337 e. The summed E-state index contributed by atoms with van der Waals surface area (Å²) in [6.07, 6.45) is 5.83. The molecular formula is C36H34ClN3O4. The van der Waals surface area contributed by atoms with Crippen LogP contribution < -0.4 is 10.1 Å². The van der Waals surface area contributed by atoms with Gasteiger partial charge in [0.1, 0.15) is 18.2 Å². The maximum absolute atomic E-state index is 12.4. The number of esters is 1. The van der Waals surface area contributed by atoms with Crippen molar-refractivity contribution in [2.45, 2.75) is 44.8 Å². The standard InChI is InChI=1S/C36H34ClN3O4/c1-38-35(41)25-12-18-31(23-8-14-28(37)15-9-23)27(20-25)22-44-30-16-10-24(11-17-30)34-39-32-21-26(36(42)43-2)13-19-33(32)40(34)29-6-4-3-5-7-29/h8-21,29H,3-7,22H2,1-2H3,(H,38,41). The molecule has 5 aromatic rings. The Morgan fingerprint density at radius 2 is 1.59 bits per heavy atom. The van der Waals surface area contributed by atoms with Gasteiger partial charge in [0, 0.05) is 29.2 Å². The topological polar surface area (TPSA) is 82.4 Å². The molecule has 1 aromatic heterocycles. The van der Waals surface area contributed by atoms with Gasteiger partial charge < -0.3 is 19.4 Å². The van der Waals surface area contributed by atoms with E-state index in [2.05, 4.69) is 9.88 Å². The second kappa shape index (κ2) is 12.9. The van der Waals surface area contributed by atoms with Crippen molar-refractivity contribution in [2.24, 2.45) is 0 Å². The Morgan fingerprint density at radius 3 is 2.30 bits per heavy atom. The first-order valence-electron chi connectivity index (χ1n) is 14.9. The number of imidazole rings is 1. The Kier molecular flexibility index (Phi) is 8.66. The summed E-state index contributed by atoms with van der Waals surface area (Å²) in [6, 6.07) is 27.2. The van der Waals surface area contributed by atoms with Crippen LogP contribution in [0.1, 0.15) is 64.4 Å². The van der Waals surface area contributed by atoms with Crippen molar-refractivity contribution in [1.82, 2.24) is 14.9 Å². The highest BCUT2D eigenvalue weighted by Gasteiger charge is 2.23. The Bertz CT molecular complexity index is 1810. The number of amides is 1. The van der Waals surface area contributed by atoms with Crippen LogP contribution in [0.5, 0.6) is 5.75 Å². The third kappa shape index (κ3) is 6.06. The van der Waals surface area contributed by atoms with Crippen molar-refractivity contribution in [3.05, 3.63) is 107 Å². The van der Waals surface area contributed by atoms with E-state index in [1.165, 1.54) is 26.4 Å². The Labute approximate surface area is 261 Å². The van der Waals surface area contributed by atoms with E-state index in [9.17, 15) is 9.59 Å². The van der Waals surface area contributed by atoms with Crippen LogP contribution in [0.4, 0.5) is 0 Å².